The lowest BCUT2D eigenvalue weighted by Gasteiger charge is -1.98. The SMILES string of the molecule is C=c1ccc(=C)n1CCC. The first-order chi connectivity index (χ1) is 4.75. The van der Waals surface area contributed by atoms with Crippen molar-refractivity contribution in [3.63, 3.8) is 0 Å². The van der Waals surface area contributed by atoms with Crippen molar-refractivity contribution >= 4 is 13.2 Å². The third-order valence-electron chi connectivity index (χ3n) is 1.61. The molecule has 1 aromatic rings. The van der Waals surface area contributed by atoms with Crippen LogP contribution in [0.2, 0.25) is 0 Å². The predicted octanol–water partition coefficient (Wildman–Crippen LogP) is 0.719. The first kappa shape index (κ1) is 7.13. The van der Waals surface area contributed by atoms with Crippen LogP contribution < -0.4 is 10.7 Å². The van der Waals surface area contributed by atoms with Gasteiger partial charge in [0.25, 0.3) is 0 Å². The maximum absolute atomic E-state index is 3.88. The lowest BCUT2D eigenvalue weighted by molar-refractivity contribution is 0.653. The lowest BCUT2D eigenvalue weighted by atomic mass is 10.5. The van der Waals surface area contributed by atoms with Crippen molar-refractivity contribution in [2.24, 2.45) is 0 Å². The molecule has 0 saturated carbocycles. The Labute approximate surface area is 61.3 Å². The largest absolute Gasteiger partial charge is 0.343 e. The number of aromatic nitrogens is 1. The number of nitrogens with zero attached hydrogens (tertiary/aromatic N) is 1. The zero-order valence-electron chi connectivity index (χ0n) is 6.43. The van der Waals surface area contributed by atoms with Crippen LogP contribution in [0.4, 0.5) is 0 Å². The summed E-state index contributed by atoms with van der Waals surface area (Å²) in [7, 11) is 0. The van der Waals surface area contributed by atoms with E-state index in [1.165, 1.54) is 0 Å². The molecule has 1 heterocycles. The zero-order chi connectivity index (χ0) is 7.56. The molecule has 10 heavy (non-hydrogen) atoms. The van der Waals surface area contributed by atoms with Crippen molar-refractivity contribution in [3.8, 4) is 0 Å². The average molecular weight is 135 g/mol. The highest BCUT2D eigenvalue weighted by Crippen LogP contribution is 1.78. The van der Waals surface area contributed by atoms with E-state index in [1.54, 1.807) is 0 Å². The van der Waals surface area contributed by atoms with Crippen LogP contribution in [0.15, 0.2) is 12.1 Å². The number of rotatable bonds is 2. The smallest absolute Gasteiger partial charge is 0.0338 e. The van der Waals surface area contributed by atoms with Crippen LogP contribution in [0.3, 0.4) is 0 Å². The van der Waals surface area contributed by atoms with Gasteiger partial charge >= 0.3 is 0 Å². The fourth-order valence-electron chi connectivity index (χ4n) is 1.07. The molecule has 54 valence electrons. The molecule has 0 amide bonds. The van der Waals surface area contributed by atoms with Crippen LogP contribution in [0.5, 0.6) is 0 Å². The van der Waals surface area contributed by atoms with Gasteiger partial charge in [0.1, 0.15) is 0 Å². The molecule has 1 nitrogen and oxygen atoms in total. The van der Waals surface area contributed by atoms with Crippen molar-refractivity contribution in [1.82, 2.24) is 4.57 Å². The molecular weight excluding hydrogens is 122 g/mol. The Kier molecular flexibility index (Phi) is 1.95. The molecule has 0 N–H and O–H groups in total. The molecule has 0 radical (unpaired) electrons. The van der Waals surface area contributed by atoms with Gasteiger partial charge in [-0.2, -0.15) is 0 Å². The van der Waals surface area contributed by atoms with Crippen LogP contribution in [0.25, 0.3) is 13.2 Å². The summed E-state index contributed by atoms with van der Waals surface area (Å²) in [5.41, 5.74) is 0. The quantitative estimate of drug-likeness (QED) is 0.563. The second kappa shape index (κ2) is 2.74. The molecule has 1 heteroatoms. The van der Waals surface area contributed by atoms with E-state index >= 15 is 0 Å². The molecule has 0 saturated heterocycles. The van der Waals surface area contributed by atoms with E-state index in [1.807, 2.05) is 12.1 Å². The summed E-state index contributed by atoms with van der Waals surface area (Å²) in [6.45, 7) is 10.9. The van der Waals surface area contributed by atoms with E-state index in [2.05, 4.69) is 24.6 Å². The molecule has 1 rings (SSSR count). The summed E-state index contributed by atoms with van der Waals surface area (Å²) in [6, 6.07) is 4.00. The Morgan fingerprint density at radius 2 is 1.80 bits per heavy atom. The number of hydrogen-bond donors (Lipinski definition) is 0. The van der Waals surface area contributed by atoms with Gasteiger partial charge < -0.3 is 4.57 Å². The molecule has 0 bridgehead atoms. The topological polar surface area (TPSA) is 4.93 Å². The minimum absolute atomic E-state index is 1.03. The van der Waals surface area contributed by atoms with E-state index in [-0.39, 0.29) is 0 Å². The van der Waals surface area contributed by atoms with E-state index in [0.29, 0.717) is 0 Å². The predicted molar refractivity (Wildman–Crippen MR) is 45.0 cm³/mol. The van der Waals surface area contributed by atoms with Gasteiger partial charge in [-0.05, 0) is 18.6 Å². The minimum atomic E-state index is 1.03. The number of hydrogen-bond acceptors (Lipinski definition) is 0. The van der Waals surface area contributed by atoms with Gasteiger partial charge in [-0.25, -0.2) is 0 Å². The van der Waals surface area contributed by atoms with Crippen molar-refractivity contribution < 1.29 is 0 Å². The Morgan fingerprint density at radius 1 is 1.30 bits per heavy atom. The first-order valence-corrected chi connectivity index (χ1v) is 3.59. The van der Waals surface area contributed by atoms with Gasteiger partial charge in [-0.15, -0.1) is 0 Å². The molecule has 0 atom stereocenters. The maximum atomic E-state index is 3.88. The normalized spacial score (nSPS) is 10.1. The monoisotopic (exact) mass is 135 g/mol. The molecular formula is C9H13N. The molecule has 0 fully saturated rings. The van der Waals surface area contributed by atoms with E-state index in [0.717, 1.165) is 23.7 Å². The second-order valence-electron chi connectivity index (χ2n) is 2.47. The van der Waals surface area contributed by atoms with Crippen LogP contribution in [-0.2, 0) is 6.54 Å². The summed E-state index contributed by atoms with van der Waals surface area (Å²) in [5, 5.41) is 2.12. The second-order valence-corrected chi connectivity index (χ2v) is 2.47. The van der Waals surface area contributed by atoms with Gasteiger partial charge in [0.2, 0.25) is 0 Å². The fraction of sp³-hybridized carbons (Fsp3) is 0.333. The lowest BCUT2D eigenvalue weighted by Crippen LogP contribution is -2.24. The fourth-order valence-corrected chi connectivity index (χ4v) is 1.07. The first-order valence-electron chi connectivity index (χ1n) is 3.59. The van der Waals surface area contributed by atoms with Crippen molar-refractivity contribution in [2.75, 3.05) is 0 Å². The molecule has 0 aliphatic rings. The summed E-state index contributed by atoms with van der Waals surface area (Å²) < 4.78 is 2.12. The van der Waals surface area contributed by atoms with Gasteiger partial charge in [0.05, 0.1) is 0 Å². The Balaban J connectivity index is 3.11. The standard InChI is InChI=1S/C9H13N/c1-4-7-10-8(2)5-6-9(10)3/h5-6H,2-4,7H2,1H3. The minimum Gasteiger partial charge on any atom is -0.343 e. The Morgan fingerprint density at radius 3 is 2.20 bits per heavy atom. The zero-order valence-corrected chi connectivity index (χ0v) is 6.43. The Hall–Kier alpha value is -0.980. The summed E-state index contributed by atoms with van der Waals surface area (Å²) in [5.74, 6) is 0. The van der Waals surface area contributed by atoms with Crippen LogP contribution >= 0.6 is 0 Å². The Bertz CT molecular complexity index is 268. The van der Waals surface area contributed by atoms with Crippen LogP contribution in [0, 0.1) is 0 Å². The van der Waals surface area contributed by atoms with Gasteiger partial charge in [0, 0.05) is 17.2 Å². The van der Waals surface area contributed by atoms with Gasteiger partial charge in [-0.1, -0.05) is 20.1 Å². The maximum Gasteiger partial charge on any atom is 0.0338 e. The van der Waals surface area contributed by atoms with Crippen molar-refractivity contribution in [2.45, 2.75) is 19.9 Å². The highest BCUT2D eigenvalue weighted by molar-refractivity contribution is 5.08. The highest BCUT2D eigenvalue weighted by Gasteiger charge is 1.89. The molecule has 0 aromatic carbocycles. The van der Waals surface area contributed by atoms with Crippen molar-refractivity contribution in [3.05, 3.63) is 22.8 Å². The molecule has 0 aliphatic heterocycles. The van der Waals surface area contributed by atoms with Gasteiger partial charge in [0.15, 0.2) is 0 Å². The summed E-state index contributed by atoms with van der Waals surface area (Å²) in [4.78, 5) is 0. The average Bonchev–Trinajstić information content (AvgIpc) is 2.20. The molecule has 0 unspecified atom stereocenters. The van der Waals surface area contributed by atoms with Crippen LogP contribution in [-0.4, -0.2) is 4.57 Å². The molecule has 0 spiro atoms. The third-order valence-corrected chi connectivity index (χ3v) is 1.61. The van der Waals surface area contributed by atoms with E-state index in [4.69, 9.17) is 0 Å². The molecule has 0 aliphatic carbocycles. The van der Waals surface area contributed by atoms with Crippen LogP contribution in [0.1, 0.15) is 13.3 Å². The molecule has 1 aromatic heterocycles. The van der Waals surface area contributed by atoms with Crippen molar-refractivity contribution in [1.29, 1.82) is 0 Å². The third kappa shape index (κ3) is 1.13. The van der Waals surface area contributed by atoms with Gasteiger partial charge in [-0.3, -0.25) is 0 Å². The summed E-state index contributed by atoms with van der Waals surface area (Å²) >= 11 is 0. The van der Waals surface area contributed by atoms with E-state index in [9.17, 15) is 0 Å². The highest BCUT2D eigenvalue weighted by atomic mass is 14.9. The van der Waals surface area contributed by atoms with E-state index < -0.39 is 0 Å². The summed E-state index contributed by atoms with van der Waals surface area (Å²) in [6.07, 6.45) is 1.14.